The number of hydrogen-bond acceptors (Lipinski definition) is 3. The van der Waals surface area contributed by atoms with E-state index in [0.717, 1.165) is 12.8 Å². The van der Waals surface area contributed by atoms with E-state index < -0.39 is 10.0 Å². The van der Waals surface area contributed by atoms with E-state index in [2.05, 4.69) is 17.0 Å². The fourth-order valence-corrected chi connectivity index (χ4v) is 3.88. The largest absolute Gasteiger partial charge is 0.379 e. The summed E-state index contributed by atoms with van der Waals surface area (Å²) < 4.78 is 26.9. The number of anilines is 1. The zero-order valence-electron chi connectivity index (χ0n) is 11.6. The van der Waals surface area contributed by atoms with Gasteiger partial charge in [-0.05, 0) is 31.9 Å². The molecule has 0 radical (unpaired) electrons. The molecule has 1 fully saturated rings. The molecular weight excluding hydrogens is 260 g/mol. The molecular formula is C14H22N2O2S. The van der Waals surface area contributed by atoms with E-state index in [4.69, 9.17) is 0 Å². The summed E-state index contributed by atoms with van der Waals surface area (Å²) in [6.45, 7) is 4.34. The quantitative estimate of drug-likeness (QED) is 0.873. The van der Waals surface area contributed by atoms with Gasteiger partial charge in [-0.3, -0.25) is 0 Å². The van der Waals surface area contributed by atoms with Gasteiger partial charge in [-0.1, -0.05) is 31.9 Å². The van der Waals surface area contributed by atoms with Gasteiger partial charge in [-0.2, -0.15) is 0 Å². The van der Waals surface area contributed by atoms with Gasteiger partial charge in [0, 0.05) is 12.1 Å². The fourth-order valence-electron chi connectivity index (χ4n) is 2.68. The first-order valence-corrected chi connectivity index (χ1v) is 8.32. The molecule has 0 spiro atoms. The number of nitrogens with one attached hydrogen (secondary N) is 2. The number of para-hydroxylation sites is 1. The van der Waals surface area contributed by atoms with Gasteiger partial charge in [0.1, 0.15) is 4.90 Å². The summed E-state index contributed by atoms with van der Waals surface area (Å²) in [5, 5.41) is 3.43. The highest BCUT2D eigenvalue weighted by molar-refractivity contribution is 7.89. The van der Waals surface area contributed by atoms with Crippen LogP contribution in [0.2, 0.25) is 0 Å². The van der Waals surface area contributed by atoms with Gasteiger partial charge in [-0.15, -0.1) is 0 Å². The van der Waals surface area contributed by atoms with Crippen LogP contribution in [0.5, 0.6) is 0 Å². The second kappa shape index (κ2) is 5.51. The van der Waals surface area contributed by atoms with Gasteiger partial charge >= 0.3 is 0 Å². The van der Waals surface area contributed by atoms with Crippen LogP contribution in [0.15, 0.2) is 29.2 Å². The van der Waals surface area contributed by atoms with Crippen LogP contribution in [0.4, 0.5) is 5.69 Å². The van der Waals surface area contributed by atoms with Crippen molar-refractivity contribution >= 4 is 15.7 Å². The van der Waals surface area contributed by atoms with Crippen LogP contribution in [-0.4, -0.2) is 20.5 Å². The number of rotatable bonds is 5. The van der Waals surface area contributed by atoms with Gasteiger partial charge in [0.2, 0.25) is 10.0 Å². The van der Waals surface area contributed by atoms with Gasteiger partial charge in [-0.25, -0.2) is 13.1 Å². The van der Waals surface area contributed by atoms with Crippen molar-refractivity contribution in [3.8, 4) is 0 Å². The molecule has 1 aromatic rings. The van der Waals surface area contributed by atoms with Gasteiger partial charge in [0.25, 0.3) is 0 Å². The molecule has 1 aliphatic rings. The molecule has 1 saturated carbocycles. The first kappa shape index (κ1) is 14.3. The van der Waals surface area contributed by atoms with Crippen molar-refractivity contribution in [2.45, 2.75) is 50.0 Å². The minimum Gasteiger partial charge on any atom is -0.379 e. The number of hydrogen-bond donors (Lipinski definition) is 2. The van der Waals surface area contributed by atoms with Gasteiger partial charge in [0.15, 0.2) is 0 Å². The van der Waals surface area contributed by atoms with Crippen LogP contribution >= 0.6 is 0 Å². The van der Waals surface area contributed by atoms with Gasteiger partial charge in [0.05, 0.1) is 5.69 Å². The van der Waals surface area contributed by atoms with E-state index in [1.165, 1.54) is 12.8 Å². The Balaban J connectivity index is 2.31. The average molecular weight is 282 g/mol. The van der Waals surface area contributed by atoms with Crippen molar-refractivity contribution in [3.05, 3.63) is 24.3 Å². The average Bonchev–Trinajstić information content (AvgIpc) is 2.76. The normalized spacial score (nSPS) is 18.4. The maximum atomic E-state index is 12.2. The second-order valence-corrected chi connectivity index (χ2v) is 7.13. The highest BCUT2D eigenvalue weighted by atomic mass is 32.2. The summed E-state index contributed by atoms with van der Waals surface area (Å²) in [5.41, 5.74) is 0.713. The number of sulfonamides is 1. The highest BCUT2D eigenvalue weighted by Gasteiger charge is 2.30. The van der Waals surface area contributed by atoms with E-state index in [1.54, 1.807) is 19.1 Å². The molecule has 1 aromatic carbocycles. The zero-order valence-corrected chi connectivity index (χ0v) is 12.4. The van der Waals surface area contributed by atoms with Crippen molar-refractivity contribution in [2.24, 2.45) is 0 Å². The molecule has 4 nitrogen and oxygen atoms in total. The van der Waals surface area contributed by atoms with Crippen LogP contribution in [-0.2, 0) is 10.0 Å². The molecule has 5 heteroatoms. The van der Waals surface area contributed by atoms with Crippen molar-refractivity contribution < 1.29 is 8.42 Å². The topological polar surface area (TPSA) is 58.2 Å². The monoisotopic (exact) mass is 282 g/mol. The molecule has 0 bridgehead atoms. The van der Waals surface area contributed by atoms with Crippen molar-refractivity contribution in [2.75, 3.05) is 11.9 Å². The van der Waals surface area contributed by atoms with E-state index in [-0.39, 0.29) is 5.54 Å². The van der Waals surface area contributed by atoms with Crippen molar-refractivity contribution in [1.29, 1.82) is 0 Å². The Hall–Kier alpha value is -1.07. The molecule has 0 heterocycles. The molecule has 0 saturated heterocycles. The first-order valence-electron chi connectivity index (χ1n) is 6.84. The lowest BCUT2D eigenvalue weighted by molar-refractivity contribution is 0.531. The predicted octanol–water partition coefficient (Wildman–Crippen LogP) is 2.73. The lowest BCUT2D eigenvalue weighted by atomic mass is 10.0. The smallest absolute Gasteiger partial charge is 0.242 e. The van der Waals surface area contributed by atoms with E-state index in [1.807, 2.05) is 12.1 Å². The Kier molecular flexibility index (Phi) is 4.16. The Morgan fingerprint density at radius 3 is 2.47 bits per heavy atom. The molecule has 0 aromatic heterocycles. The molecule has 0 atom stereocenters. The third kappa shape index (κ3) is 3.28. The summed E-state index contributed by atoms with van der Waals surface area (Å²) in [7, 11) is -3.42. The van der Waals surface area contributed by atoms with Crippen molar-refractivity contribution in [1.82, 2.24) is 4.72 Å². The molecule has 19 heavy (non-hydrogen) atoms. The molecule has 0 aliphatic heterocycles. The minimum absolute atomic E-state index is 0.0117. The highest BCUT2D eigenvalue weighted by Crippen LogP contribution is 2.34. The van der Waals surface area contributed by atoms with E-state index in [9.17, 15) is 8.42 Å². The van der Waals surface area contributed by atoms with E-state index >= 15 is 0 Å². The Morgan fingerprint density at radius 2 is 1.84 bits per heavy atom. The molecule has 106 valence electrons. The minimum atomic E-state index is -3.42. The maximum Gasteiger partial charge on any atom is 0.242 e. The first-order chi connectivity index (χ1) is 8.97. The SMILES string of the molecule is CCNS(=O)(=O)c1ccccc1NC1(C)CCCC1. The van der Waals surface area contributed by atoms with Crippen LogP contribution in [0.25, 0.3) is 0 Å². The lowest BCUT2D eigenvalue weighted by Crippen LogP contribution is -2.32. The third-order valence-corrected chi connectivity index (χ3v) is 5.26. The summed E-state index contributed by atoms with van der Waals surface area (Å²) in [5.74, 6) is 0. The molecule has 0 amide bonds. The molecule has 2 rings (SSSR count). The molecule has 1 aliphatic carbocycles. The van der Waals surface area contributed by atoms with E-state index in [0.29, 0.717) is 17.1 Å². The summed E-state index contributed by atoms with van der Waals surface area (Å²) >= 11 is 0. The van der Waals surface area contributed by atoms with Crippen LogP contribution in [0, 0.1) is 0 Å². The Bertz CT molecular complexity index is 534. The van der Waals surface area contributed by atoms with Gasteiger partial charge < -0.3 is 5.32 Å². The van der Waals surface area contributed by atoms with Crippen LogP contribution in [0.3, 0.4) is 0 Å². The summed E-state index contributed by atoms with van der Waals surface area (Å²) in [4.78, 5) is 0.338. The molecule has 0 unspecified atom stereocenters. The third-order valence-electron chi connectivity index (χ3n) is 3.65. The molecule has 2 N–H and O–H groups in total. The zero-order chi connectivity index (χ0) is 13.9. The fraction of sp³-hybridized carbons (Fsp3) is 0.571. The Labute approximate surface area is 115 Å². The predicted molar refractivity (Wildman–Crippen MR) is 77.8 cm³/mol. The second-order valence-electron chi connectivity index (χ2n) is 5.39. The lowest BCUT2D eigenvalue weighted by Gasteiger charge is -2.28. The van der Waals surface area contributed by atoms with Crippen LogP contribution < -0.4 is 10.0 Å². The maximum absolute atomic E-state index is 12.2. The van der Waals surface area contributed by atoms with Crippen molar-refractivity contribution in [3.63, 3.8) is 0 Å². The standard InChI is InChI=1S/C14H22N2O2S/c1-3-15-19(17,18)13-9-5-4-8-12(13)16-14(2)10-6-7-11-14/h4-5,8-9,15-16H,3,6-7,10-11H2,1-2H3. The number of benzene rings is 1. The Morgan fingerprint density at radius 1 is 1.21 bits per heavy atom. The summed E-state index contributed by atoms with van der Waals surface area (Å²) in [6, 6.07) is 7.12. The van der Waals surface area contributed by atoms with Crippen LogP contribution in [0.1, 0.15) is 39.5 Å². The summed E-state index contributed by atoms with van der Waals surface area (Å²) in [6.07, 6.45) is 4.57.